The van der Waals surface area contributed by atoms with Gasteiger partial charge in [0.1, 0.15) is 0 Å². The number of benzene rings is 3. The Morgan fingerprint density at radius 1 is 0.560 bits per heavy atom. The third kappa shape index (κ3) is 3.09. The Kier molecular flexibility index (Phi) is 4.14. The fourth-order valence-electron chi connectivity index (χ4n) is 3.24. The zero-order valence-electron chi connectivity index (χ0n) is 14.2. The van der Waals surface area contributed by atoms with Gasteiger partial charge in [-0.2, -0.15) is 0 Å². The van der Waals surface area contributed by atoms with E-state index >= 15 is 0 Å². The molecule has 0 spiro atoms. The second-order valence-electron chi connectivity index (χ2n) is 6.11. The van der Waals surface area contributed by atoms with Crippen LogP contribution in [0.4, 0.5) is 0 Å². The summed E-state index contributed by atoms with van der Waals surface area (Å²) in [5.41, 5.74) is 8.03. The fourth-order valence-corrected chi connectivity index (χ4v) is 3.24. The van der Waals surface area contributed by atoms with E-state index in [1.54, 1.807) is 0 Å². The fraction of sp³-hybridized carbons (Fsp3) is 0.0417. The molecule has 1 heteroatoms. The molecule has 25 heavy (non-hydrogen) atoms. The zero-order valence-corrected chi connectivity index (χ0v) is 14.2. The molecule has 0 unspecified atom stereocenters. The lowest BCUT2D eigenvalue weighted by molar-refractivity contribution is 1.21. The van der Waals surface area contributed by atoms with Crippen LogP contribution in [0.1, 0.15) is 5.69 Å². The summed E-state index contributed by atoms with van der Waals surface area (Å²) in [6.45, 7) is 2.10. The lowest BCUT2D eigenvalue weighted by atomic mass is 9.92. The average Bonchev–Trinajstić information content (AvgIpc) is 2.69. The van der Waals surface area contributed by atoms with Gasteiger partial charge in [0, 0.05) is 16.8 Å². The van der Waals surface area contributed by atoms with Gasteiger partial charge in [-0.3, -0.25) is 4.98 Å². The predicted octanol–water partition coefficient (Wildman–Crippen LogP) is 6.39. The van der Waals surface area contributed by atoms with Crippen LogP contribution in [0.25, 0.3) is 33.5 Å². The Morgan fingerprint density at radius 2 is 1.04 bits per heavy atom. The predicted molar refractivity (Wildman–Crippen MR) is 105 cm³/mol. The minimum atomic E-state index is 1.01. The molecule has 0 amide bonds. The molecule has 0 fully saturated rings. The Balaban J connectivity index is 1.99. The summed E-state index contributed by atoms with van der Waals surface area (Å²) in [5.74, 6) is 0. The van der Waals surface area contributed by atoms with Gasteiger partial charge in [0.25, 0.3) is 0 Å². The van der Waals surface area contributed by atoms with E-state index in [1.807, 2.05) is 12.1 Å². The van der Waals surface area contributed by atoms with Gasteiger partial charge in [0.15, 0.2) is 0 Å². The molecule has 0 radical (unpaired) electrons. The summed E-state index contributed by atoms with van der Waals surface area (Å²) in [6.07, 6.45) is 0. The highest BCUT2D eigenvalue weighted by atomic mass is 14.7. The van der Waals surface area contributed by atoms with Gasteiger partial charge in [-0.05, 0) is 29.7 Å². The van der Waals surface area contributed by atoms with Crippen molar-refractivity contribution in [2.45, 2.75) is 6.92 Å². The smallest absolute Gasteiger partial charge is 0.0711 e. The van der Waals surface area contributed by atoms with E-state index in [-0.39, 0.29) is 0 Å². The van der Waals surface area contributed by atoms with Crippen LogP contribution in [0.3, 0.4) is 0 Å². The van der Waals surface area contributed by atoms with Crippen molar-refractivity contribution in [2.75, 3.05) is 0 Å². The van der Waals surface area contributed by atoms with Crippen LogP contribution in [0.5, 0.6) is 0 Å². The lowest BCUT2D eigenvalue weighted by Gasteiger charge is -2.15. The van der Waals surface area contributed by atoms with Crippen molar-refractivity contribution < 1.29 is 0 Å². The Bertz CT molecular complexity index is 974. The largest absolute Gasteiger partial charge is 0.252 e. The van der Waals surface area contributed by atoms with E-state index in [0.717, 1.165) is 17.0 Å². The first-order chi connectivity index (χ1) is 12.3. The number of aromatic nitrogens is 1. The molecular formula is C24H19N. The third-order valence-electron chi connectivity index (χ3n) is 4.42. The molecule has 0 aliphatic carbocycles. The van der Waals surface area contributed by atoms with Gasteiger partial charge >= 0.3 is 0 Å². The minimum Gasteiger partial charge on any atom is -0.252 e. The van der Waals surface area contributed by atoms with E-state index in [0.29, 0.717) is 0 Å². The summed E-state index contributed by atoms with van der Waals surface area (Å²) in [4.78, 5) is 4.91. The van der Waals surface area contributed by atoms with Crippen LogP contribution in [0.2, 0.25) is 0 Å². The van der Waals surface area contributed by atoms with Gasteiger partial charge < -0.3 is 0 Å². The van der Waals surface area contributed by atoms with Crippen molar-refractivity contribution in [1.29, 1.82) is 0 Å². The van der Waals surface area contributed by atoms with Gasteiger partial charge in [-0.1, -0.05) is 91.0 Å². The summed E-state index contributed by atoms with van der Waals surface area (Å²) in [6, 6.07) is 33.6. The maximum absolute atomic E-state index is 4.91. The van der Waals surface area contributed by atoms with Crippen LogP contribution in [0, 0.1) is 6.92 Å². The van der Waals surface area contributed by atoms with Crippen molar-refractivity contribution in [2.24, 2.45) is 0 Å². The molecule has 1 nitrogen and oxygen atoms in total. The molecule has 0 N–H and O–H groups in total. The maximum Gasteiger partial charge on any atom is 0.0711 e. The van der Waals surface area contributed by atoms with E-state index in [9.17, 15) is 0 Å². The zero-order chi connectivity index (χ0) is 17.1. The van der Waals surface area contributed by atoms with Gasteiger partial charge in [0.2, 0.25) is 0 Å². The molecule has 3 aromatic carbocycles. The van der Waals surface area contributed by atoms with Crippen LogP contribution >= 0.6 is 0 Å². The van der Waals surface area contributed by atoms with E-state index in [1.165, 1.54) is 22.3 Å². The molecule has 1 aromatic heterocycles. The summed E-state index contributed by atoms with van der Waals surface area (Å²) < 4.78 is 0. The lowest BCUT2D eigenvalue weighted by Crippen LogP contribution is -1.95. The second-order valence-corrected chi connectivity index (χ2v) is 6.11. The summed E-state index contributed by atoms with van der Waals surface area (Å²) in [5, 5.41) is 0. The molecule has 4 aromatic rings. The minimum absolute atomic E-state index is 1.01. The quantitative estimate of drug-likeness (QED) is 0.426. The Hall–Kier alpha value is -3.19. The van der Waals surface area contributed by atoms with E-state index in [4.69, 9.17) is 4.98 Å². The highest BCUT2D eigenvalue weighted by molar-refractivity contribution is 5.87. The van der Waals surface area contributed by atoms with Crippen molar-refractivity contribution in [3.8, 4) is 33.5 Å². The molecule has 0 aliphatic rings. The van der Waals surface area contributed by atoms with Crippen LogP contribution in [-0.2, 0) is 0 Å². The van der Waals surface area contributed by atoms with Crippen LogP contribution in [0.15, 0.2) is 97.1 Å². The third-order valence-corrected chi connectivity index (χ3v) is 4.42. The molecule has 0 bridgehead atoms. The van der Waals surface area contributed by atoms with E-state index < -0.39 is 0 Å². The average molecular weight is 321 g/mol. The highest BCUT2D eigenvalue weighted by Crippen LogP contribution is 2.36. The first-order valence-electron chi connectivity index (χ1n) is 8.51. The Labute approximate surface area is 148 Å². The van der Waals surface area contributed by atoms with Crippen molar-refractivity contribution in [3.63, 3.8) is 0 Å². The normalized spacial score (nSPS) is 10.6. The molecule has 0 saturated carbocycles. The van der Waals surface area contributed by atoms with Crippen LogP contribution in [-0.4, -0.2) is 4.98 Å². The summed E-state index contributed by atoms with van der Waals surface area (Å²) in [7, 11) is 0. The standard InChI is InChI=1S/C24H19N/c1-18-24(21-15-9-4-10-16-21)22(19-11-5-2-6-12-19)17-23(25-18)20-13-7-3-8-14-20/h2-17H,1H3. The first kappa shape index (κ1) is 15.3. The molecule has 1 heterocycles. The molecular weight excluding hydrogens is 302 g/mol. The second kappa shape index (κ2) is 6.74. The molecule has 0 aliphatic heterocycles. The topological polar surface area (TPSA) is 12.9 Å². The monoisotopic (exact) mass is 321 g/mol. The number of nitrogens with zero attached hydrogens (tertiary/aromatic N) is 1. The van der Waals surface area contributed by atoms with Crippen LogP contribution < -0.4 is 0 Å². The SMILES string of the molecule is Cc1nc(-c2ccccc2)cc(-c2ccccc2)c1-c1ccccc1. The maximum atomic E-state index is 4.91. The highest BCUT2D eigenvalue weighted by Gasteiger charge is 2.14. The Morgan fingerprint density at radius 3 is 1.60 bits per heavy atom. The number of aryl methyl sites for hydroxylation is 1. The first-order valence-corrected chi connectivity index (χ1v) is 8.51. The summed E-state index contributed by atoms with van der Waals surface area (Å²) >= 11 is 0. The molecule has 4 rings (SSSR count). The molecule has 0 saturated heterocycles. The van der Waals surface area contributed by atoms with Crippen molar-refractivity contribution in [1.82, 2.24) is 4.98 Å². The van der Waals surface area contributed by atoms with Gasteiger partial charge in [-0.15, -0.1) is 0 Å². The molecule has 120 valence electrons. The number of pyridine rings is 1. The van der Waals surface area contributed by atoms with E-state index in [2.05, 4.69) is 91.9 Å². The molecule has 0 atom stereocenters. The number of hydrogen-bond acceptors (Lipinski definition) is 1. The number of rotatable bonds is 3. The van der Waals surface area contributed by atoms with Crippen molar-refractivity contribution in [3.05, 3.63) is 103 Å². The number of hydrogen-bond donors (Lipinski definition) is 0. The van der Waals surface area contributed by atoms with Gasteiger partial charge in [0.05, 0.1) is 5.69 Å². The van der Waals surface area contributed by atoms with Gasteiger partial charge in [-0.25, -0.2) is 0 Å². The van der Waals surface area contributed by atoms with Crippen molar-refractivity contribution >= 4 is 0 Å².